The van der Waals surface area contributed by atoms with Crippen molar-refractivity contribution in [3.05, 3.63) is 64.7 Å². The molecule has 0 aromatic heterocycles. The van der Waals surface area contributed by atoms with E-state index in [0.29, 0.717) is 29.8 Å². The normalized spacial score (nSPS) is 15.6. The van der Waals surface area contributed by atoms with E-state index in [0.717, 1.165) is 11.1 Å². The molecule has 0 spiro atoms. The van der Waals surface area contributed by atoms with E-state index in [-0.39, 0.29) is 0 Å². The molecular weight excluding hydrogens is 334 g/mol. The minimum Gasteiger partial charge on any atom is -0.462 e. The third kappa shape index (κ3) is 3.74. The molecule has 134 valence electrons. The number of cyclic esters (lactones) is 1. The number of hydrogen-bond donors (Lipinski definition) is 1. The lowest BCUT2D eigenvalue weighted by Gasteiger charge is -2.24. The van der Waals surface area contributed by atoms with Gasteiger partial charge in [0.2, 0.25) is 0 Å². The molecule has 0 saturated heterocycles. The van der Waals surface area contributed by atoms with Crippen molar-refractivity contribution in [2.24, 2.45) is 0 Å². The first-order valence-corrected chi connectivity index (χ1v) is 8.36. The van der Waals surface area contributed by atoms with Crippen LogP contribution < -0.4 is 5.32 Å². The van der Waals surface area contributed by atoms with Crippen LogP contribution in [0.2, 0.25) is 0 Å². The molecule has 3 rings (SSSR count). The van der Waals surface area contributed by atoms with Crippen LogP contribution in [0.5, 0.6) is 0 Å². The zero-order chi connectivity index (χ0) is 18.7. The van der Waals surface area contributed by atoms with Crippen LogP contribution in [0.3, 0.4) is 0 Å². The molecule has 1 amide bonds. The van der Waals surface area contributed by atoms with E-state index in [1.807, 2.05) is 19.1 Å². The second-order valence-electron chi connectivity index (χ2n) is 6.05. The Morgan fingerprint density at radius 2 is 1.92 bits per heavy atom. The number of ether oxygens (including phenoxy) is 2. The standard InChI is InChI=1S/C20H19NO5/c1-3-25-19(23)13-5-7-15(8-6-13)21-18(22)17-11-14-10-12(2)4-9-16(14)20(24)26-17/h4-10,17H,3,11H2,1-2H3,(H,21,22). The lowest BCUT2D eigenvalue weighted by atomic mass is 9.96. The first-order valence-electron chi connectivity index (χ1n) is 8.36. The van der Waals surface area contributed by atoms with Crippen molar-refractivity contribution < 1.29 is 23.9 Å². The number of aryl methyl sites for hydroxylation is 1. The Kier molecular flexibility index (Phi) is 5.02. The number of fused-ring (bicyclic) bond motifs is 1. The number of esters is 2. The van der Waals surface area contributed by atoms with E-state index in [1.54, 1.807) is 37.3 Å². The molecule has 2 aromatic rings. The highest BCUT2D eigenvalue weighted by Crippen LogP contribution is 2.23. The summed E-state index contributed by atoms with van der Waals surface area (Å²) >= 11 is 0. The Morgan fingerprint density at radius 1 is 1.19 bits per heavy atom. The van der Waals surface area contributed by atoms with Gasteiger partial charge >= 0.3 is 11.9 Å². The zero-order valence-electron chi connectivity index (χ0n) is 14.6. The molecule has 1 unspecified atom stereocenters. The molecular formula is C20H19NO5. The van der Waals surface area contributed by atoms with Crippen molar-refractivity contribution in [2.75, 3.05) is 11.9 Å². The van der Waals surface area contributed by atoms with Gasteiger partial charge in [0.05, 0.1) is 17.7 Å². The van der Waals surface area contributed by atoms with Gasteiger partial charge in [0.25, 0.3) is 5.91 Å². The van der Waals surface area contributed by atoms with Crippen LogP contribution in [0.25, 0.3) is 0 Å². The maximum atomic E-state index is 12.4. The summed E-state index contributed by atoms with van der Waals surface area (Å²) in [5.41, 5.74) is 3.23. The Morgan fingerprint density at radius 3 is 2.62 bits per heavy atom. The fourth-order valence-electron chi connectivity index (χ4n) is 2.80. The number of hydrogen-bond acceptors (Lipinski definition) is 5. The van der Waals surface area contributed by atoms with Crippen LogP contribution in [-0.4, -0.2) is 30.6 Å². The maximum absolute atomic E-state index is 12.4. The summed E-state index contributed by atoms with van der Waals surface area (Å²) in [7, 11) is 0. The average Bonchev–Trinajstić information content (AvgIpc) is 2.62. The number of nitrogens with one attached hydrogen (secondary N) is 1. The Bertz CT molecular complexity index is 857. The molecule has 0 bridgehead atoms. The number of amides is 1. The molecule has 1 heterocycles. The molecule has 0 radical (unpaired) electrons. The van der Waals surface area contributed by atoms with E-state index in [1.165, 1.54) is 0 Å². The molecule has 1 atom stereocenters. The lowest BCUT2D eigenvalue weighted by Crippen LogP contribution is -2.38. The van der Waals surface area contributed by atoms with Gasteiger partial charge in [-0.1, -0.05) is 17.7 Å². The van der Waals surface area contributed by atoms with Gasteiger partial charge < -0.3 is 14.8 Å². The van der Waals surface area contributed by atoms with E-state index in [2.05, 4.69) is 5.32 Å². The Hall–Kier alpha value is -3.15. The summed E-state index contributed by atoms with van der Waals surface area (Å²) in [4.78, 5) is 36.2. The van der Waals surface area contributed by atoms with Gasteiger partial charge in [-0.15, -0.1) is 0 Å². The van der Waals surface area contributed by atoms with Gasteiger partial charge in [0, 0.05) is 12.1 Å². The minimum atomic E-state index is -0.887. The monoisotopic (exact) mass is 353 g/mol. The fraction of sp³-hybridized carbons (Fsp3) is 0.250. The molecule has 1 aliphatic rings. The second kappa shape index (κ2) is 7.39. The summed E-state index contributed by atoms with van der Waals surface area (Å²) in [6.07, 6.45) is -0.559. The van der Waals surface area contributed by atoms with Crippen LogP contribution in [0, 0.1) is 6.92 Å². The summed E-state index contributed by atoms with van der Waals surface area (Å²) in [5, 5.41) is 2.71. The maximum Gasteiger partial charge on any atom is 0.339 e. The topological polar surface area (TPSA) is 81.7 Å². The molecule has 6 heteroatoms. The van der Waals surface area contributed by atoms with Crippen molar-refractivity contribution in [3.63, 3.8) is 0 Å². The molecule has 0 aliphatic carbocycles. The Labute approximate surface area is 151 Å². The van der Waals surface area contributed by atoms with Crippen LogP contribution in [0.15, 0.2) is 42.5 Å². The smallest absolute Gasteiger partial charge is 0.339 e. The lowest BCUT2D eigenvalue weighted by molar-refractivity contribution is -0.125. The van der Waals surface area contributed by atoms with E-state index in [9.17, 15) is 14.4 Å². The number of carbonyl (C=O) groups is 3. The van der Waals surface area contributed by atoms with Crippen molar-refractivity contribution in [3.8, 4) is 0 Å². The van der Waals surface area contributed by atoms with E-state index < -0.39 is 23.9 Å². The molecule has 1 N–H and O–H groups in total. The fourth-order valence-corrected chi connectivity index (χ4v) is 2.80. The number of benzene rings is 2. The van der Waals surface area contributed by atoms with Gasteiger partial charge in [-0.25, -0.2) is 9.59 Å². The summed E-state index contributed by atoms with van der Waals surface area (Å²) in [6.45, 7) is 3.96. The van der Waals surface area contributed by atoms with Crippen LogP contribution in [0.4, 0.5) is 5.69 Å². The van der Waals surface area contributed by atoms with E-state index >= 15 is 0 Å². The molecule has 2 aromatic carbocycles. The molecule has 0 saturated carbocycles. The van der Waals surface area contributed by atoms with Crippen molar-refractivity contribution in [1.82, 2.24) is 0 Å². The SMILES string of the molecule is CCOC(=O)c1ccc(NC(=O)C2Cc3cc(C)ccc3C(=O)O2)cc1. The van der Waals surface area contributed by atoms with Gasteiger partial charge in [-0.3, -0.25) is 4.79 Å². The van der Waals surface area contributed by atoms with E-state index in [4.69, 9.17) is 9.47 Å². The quantitative estimate of drug-likeness (QED) is 0.855. The van der Waals surface area contributed by atoms with Crippen molar-refractivity contribution in [1.29, 1.82) is 0 Å². The van der Waals surface area contributed by atoms with Gasteiger partial charge in [0.15, 0.2) is 6.10 Å². The molecule has 26 heavy (non-hydrogen) atoms. The molecule has 1 aliphatic heterocycles. The first-order chi connectivity index (χ1) is 12.5. The third-order valence-electron chi connectivity index (χ3n) is 4.09. The minimum absolute atomic E-state index is 0.297. The van der Waals surface area contributed by atoms with Gasteiger partial charge in [-0.2, -0.15) is 0 Å². The number of rotatable bonds is 4. The predicted octanol–water partition coefficient (Wildman–Crippen LogP) is 2.89. The number of anilines is 1. The summed E-state index contributed by atoms with van der Waals surface area (Å²) in [6, 6.07) is 11.8. The van der Waals surface area contributed by atoms with Crippen LogP contribution >= 0.6 is 0 Å². The van der Waals surface area contributed by atoms with Crippen molar-refractivity contribution in [2.45, 2.75) is 26.4 Å². The molecule has 0 fully saturated rings. The van der Waals surface area contributed by atoms with Gasteiger partial charge in [-0.05, 0) is 49.7 Å². The summed E-state index contributed by atoms with van der Waals surface area (Å²) < 4.78 is 10.2. The van der Waals surface area contributed by atoms with Crippen LogP contribution in [-0.2, 0) is 20.7 Å². The third-order valence-corrected chi connectivity index (χ3v) is 4.09. The van der Waals surface area contributed by atoms with Crippen LogP contribution in [0.1, 0.15) is 38.8 Å². The highest BCUT2D eigenvalue weighted by Gasteiger charge is 2.31. The van der Waals surface area contributed by atoms with Gasteiger partial charge in [0.1, 0.15) is 0 Å². The van der Waals surface area contributed by atoms with Crippen molar-refractivity contribution >= 4 is 23.5 Å². The number of carbonyl (C=O) groups excluding carboxylic acids is 3. The first kappa shape index (κ1) is 17.7. The Balaban J connectivity index is 1.69. The largest absolute Gasteiger partial charge is 0.462 e. The predicted molar refractivity (Wildman–Crippen MR) is 95.1 cm³/mol. The second-order valence-corrected chi connectivity index (χ2v) is 6.05. The highest BCUT2D eigenvalue weighted by atomic mass is 16.5. The zero-order valence-corrected chi connectivity index (χ0v) is 14.6. The summed E-state index contributed by atoms with van der Waals surface area (Å²) in [5.74, 6) is -1.32. The highest BCUT2D eigenvalue weighted by molar-refractivity contribution is 6.00. The molecule has 6 nitrogen and oxygen atoms in total. The average molecular weight is 353 g/mol.